The van der Waals surface area contributed by atoms with Crippen molar-refractivity contribution in [3.63, 3.8) is 0 Å². The number of guanidine groups is 1. The topological polar surface area (TPSA) is 144 Å². The molecule has 1 aromatic carbocycles. The Morgan fingerprint density at radius 2 is 1.93 bits per heavy atom. The maximum atomic E-state index is 11.5. The van der Waals surface area contributed by atoms with Crippen molar-refractivity contribution in [1.82, 2.24) is 20.2 Å². The van der Waals surface area contributed by atoms with Gasteiger partial charge in [0.15, 0.2) is 5.96 Å². The number of benzene rings is 1. The summed E-state index contributed by atoms with van der Waals surface area (Å²) in [6.07, 6.45) is 3.56. The van der Waals surface area contributed by atoms with E-state index in [0.717, 1.165) is 56.1 Å². The average Bonchev–Trinajstić information content (AvgIpc) is 2.73. The number of morpholine rings is 1. The molecule has 0 unspecified atom stereocenters. The average molecular weight is 398 g/mol. The monoisotopic (exact) mass is 398 g/mol. The Morgan fingerprint density at radius 1 is 1.17 bits per heavy atom. The lowest BCUT2D eigenvalue weighted by Crippen LogP contribution is -2.39. The minimum absolute atomic E-state index is 0.271. The molecule has 1 aromatic heterocycles. The molecule has 0 saturated carbocycles. The number of carbonyl (C=O) groups excluding carboxylic acids is 1. The van der Waals surface area contributed by atoms with E-state index in [0.29, 0.717) is 12.5 Å². The Hall–Kier alpha value is -3.24. The summed E-state index contributed by atoms with van der Waals surface area (Å²) in [7, 11) is 0. The van der Waals surface area contributed by atoms with Gasteiger partial charge in [0.25, 0.3) is 0 Å². The van der Waals surface area contributed by atoms with E-state index in [-0.39, 0.29) is 5.96 Å². The SMILES string of the molecule is NC(N)=NC(=O)NCc1cccc(-c2cnc(NCCN3CCOCC3)nc2)c1. The van der Waals surface area contributed by atoms with Gasteiger partial charge in [0.1, 0.15) is 0 Å². The zero-order chi connectivity index (χ0) is 20.5. The highest BCUT2D eigenvalue weighted by atomic mass is 16.5. The van der Waals surface area contributed by atoms with Gasteiger partial charge in [0.05, 0.1) is 13.2 Å². The molecule has 0 radical (unpaired) electrons. The van der Waals surface area contributed by atoms with Gasteiger partial charge < -0.3 is 26.8 Å². The lowest BCUT2D eigenvalue weighted by atomic mass is 10.1. The van der Waals surface area contributed by atoms with Gasteiger partial charge in [-0.1, -0.05) is 18.2 Å². The van der Waals surface area contributed by atoms with E-state index in [1.54, 1.807) is 12.4 Å². The van der Waals surface area contributed by atoms with Crippen LogP contribution in [-0.4, -0.2) is 66.3 Å². The maximum absolute atomic E-state index is 11.5. The van der Waals surface area contributed by atoms with E-state index in [1.807, 2.05) is 24.3 Å². The fourth-order valence-corrected chi connectivity index (χ4v) is 2.91. The predicted molar refractivity (Wildman–Crippen MR) is 111 cm³/mol. The Labute approximate surface area is 169 Å². The van der Waals surface area contributed by atoms with Crippen molar-refractivity contribution in [2.45, 2.75) is 6.54 Å². The van der Waals surface area contributed by atoms with Gasteiger partial charge in [-0.05, 0) is 17.2 Å². The molecular formula is C19H26N8O2. The first kappa shape index (κ1) is 20.5. The highest BCUT2D eigenvalue weighted by molar-refractivity contribution is 5.90. The largest absolute Gasteiger partial charge is 0.379 e. The van der Waals surface area contributed by atoms with Crippen molar-refractivity contribution in [3.05, 3.63) is 42.2 Å². The lowest BCUT2D eigenvalue weighted by Gasteiger charge is -2.26. The molecule has 1 saturated heterocycles. The van der Waals surface area contributed by atoms with Crippen LogP contribution in [0.25, 0.3) is 11.1 Å². The zero-order valence-corrected chi connectivity index (χ0v) is 16.2. The summed E-state index contributed by atoms with van der Waals surface area (Å²) in [6.45, 7) is 5.54. The number of rotatable bonds is 7. The van der Waals surface area contributed by atoms with E-state index < -0.39 is 6.03 Å². The van der Waals surface area contributed by atoms with Crippen LogP contribution in [-0.2, 0) is 11.3 Å². The Bertz CT molecular complexity index is 830. The number of aliphatic imine (C=N–C) groups is 1. The molecule has 1 aliphatic rings. The number of urea groups is 1. The van der Waals surface area contributed by atoms with Crippen molar-refractivity contribution >= 4 is 17.9 Å². The molecule has 1 fully saturated rings. The van der Waals surface area contributed by atoms with Crippen LogP contribution in [0.5, 0.6) is 0 Å². The minimum atomic E-state index is -0.578. The summed E-state index contributed by atoms with van der Waals surface area (Å²) in [5.74, 6) is 0.328. The van der Waals surface area contributed by atoms with E-state index >= 15 is 0 Å². The minimum Gasteiger partial charge on any atom is -0.379 e. The normalized spacial score (nSPS) is 14.2. The molecule has 29 heavy (non-hydrogen) atoms. The number of nitrogens with two attached hydrogens (primary N) is 2. The first-order chi connectivity index (χ1) is 14.1. The molecule has 1 aliphatic heterocycles. The smallest absolute Gasteiger partial charge is 0.344 e. The number of aromatic nitrogens is 2. The maximum Gasteiger partial charge on any atom is 0.344 e. The van der Waals surface area contributed by atoms with Crippen LogP contribution < -0.4 is 22.1 Å². The summed E-state index contributed by atoms with van der Waals surface area (Å²) in [5, 5.41) is 5.87. The number of nitrogens with zero attached hydrogens (tertiary/aromatic N) is 4. The molecule has 0 atom stereocenters. The summed E-state index contributed by atoms with van der Waals surface area (Å²) in [6, 6.07) is 7.16. The number of hydrogen-bond donors (Lipinski definition) is 4. The van der Waals surface area contributed by atoms with Gasteiger partial charge in [0.2, 0.25) is 5.95 Å². The van der Waals surface area contributed by atoms with E-state index in [4.69, 9.17) is 16.2 Å². The number of nitrogens with one attached hydrogen (secondary N) is 2. The first-order valence-corrected chi connectivity index (χ1v) is 9.43. The van der Waals surface area contributed by atoms with Crippen LogP contribution in [0.15, 0.2) is 41.7 Å². The van der Waals surface area contributed by atoms with E-state index in [9.17, 15) is 4.79 Å². The van der Waals surface area contributed by atoms with E-state index in [1.165, 1.54) is 0 Å². The second-order valence-corrected chi connectivity index (χ2v) is 6.57. The molecule has 3 rings (SSSR count). The Kier molecular flexibility index (Phi) is 7.31. The van der Waals surface area contributed by atoms with Crippen LogP contribution >= 0.6 is 0 Å². The second kappa shape index (κ2) is 10.3. The van der Waals surface area contributed by atoms with E-state index in [2.05, 4.69) is 30.5 Å². The molecule has 10 heteroatoms. The number of amides is 2. The molecule has 2 amide bonds. The molecule has 0 aliphatic carbocycles. The van der Waals surface area contributed by atoms with Crippen LogP contribution in [0.2, 0.25) is 0 Å². The predicted octanol–water partition coefficient (Wildman–Crippen LogP) is 0.371. The molecule has 6 N–H and O–H groups in total. The molecule has 10 nitrogen and oxygen atoms in total. The lowest BCUT2D eigenvalue weighted by molar-refractivity contribution is 0.0398. The standard InChI is InChI=1S/C19H26N8O2/c20-17(21)26-19(28)25-11-14-2-1-3-15(10-14)16-12-23-18(24-13-16)22-4-5-27-6-8-29-9-7-27/h1-3,10,12-13H,4-9,11H2,(H,22,23,24)(H5,20,21,25,26,28). The van der Waals surface area contributed by atoms with Gasteiger partial charge in [-0.3, -0.25) is 4.90 Å². The van der Waals surface area contributed by atoms with Crippen molar-refractivity contribution < 1.29 is 9.53 Å². The van der Waals surface area contributed by atoms with Crippen LogP contribution in [0.1, 0.15) is 5.56 Å². The summed E-state index contributed by atoms with van der Waals surface area (Å²) in [5.41, 5.74) is 13.1. The Balaban J connectivity index is 1.52. The van der Waals surface area contributed by atoms with Crippen LogP contribution in [0.3, 0.4) is 0 Å². The van der Waals surface area contributed by atoms with Gasteiger partial charge in [-0.25, -0.2) is 14.8 Å². The van der Waals surface area contributed by atoms with Crippen molar-refractivity contribution in [1.29, 1.82) is 0 Å². The number of ether oxygens (including phenoxy) is 1. The number of anilines is 1. The molecule has 2 heterocycles. The van der Waals surface area contributed by atoms with Gasteiger partial charge in [-0.2, -0.15) is 4.99 Å². The third kappa shape index (κ3) is 6.70. The fraction of sp³-hybridized carbons (Fsp3) is 0.368. The van der Waals surface area contributed by atoms with Crippen LogP contribution in [0, 0.1) is 0 Å². The third-order valence-electron chi connectivity index (χ3n) is 4.40. The molecule has 154 valence electrons. The summed E-state index contributed by atoms with van der Waals surface area (Å²) >= 11 is 0. The quantitative estimate of drug-likeness (QED) is 0.387. The van der Waals surface area contributed by atoms with Crippen molar-refractivity contribution in [3.8, 4) is 11.1 Å². The zero-order valence-electron chi connectivity index (χ0n) is 16.2. The summed E-state index contributed by atoms with van der Waals surface area (Å²) < 4.78 is 5.35. The number of carbonyl (C=O) groups is 1. The number of hydrogen-bond acceptors (Lipinski definition) is 6. The second-order valence-electron chi connectivity index (χ2n) is 6.57. The van der Waals surface area contributed by atoms with Crippen molar-refractivity contribution in [2.75, 3.05) is 44.7 Å². The van der Waals surface area contributed by atoms with Gasteiger partial charge in [0, 0.05) is 50.7 Å². The van der Waals surface area contributed by atoms with Gasteiger partial charge >= 0.3 is 6.03 Å². The molecule has 2 aromatic rings. The molecule has 0 spiro atoms. The fourth-order valence-electron chi connectivity index (χ4n) is 2.91. The van der Waals surface area contributed by atoms with Gasteiger partial charge in [-0.15, -0.1) is 0 Å². The van der Waals surface area contributed by atoms with Crippen LogP contribution in [0.4, 0.5) is 10.7 Å². The third-order valence-corrected chi connectivity index (χ3v) is 4.40. The highest BCUT2D eigenvalue weighted by Crippen LogP contribution is 2.19. The first-order valence-electron chi connectivity index (χ1n) is 9.43. The highest BCUT2D eigenvalue weighted by Gasteiger charge is 2.09. The summed E-state index contributed by atoms with van der Waals surface area (Å²) in [4.78, 5) is 26.1. The van der Waals surface area contributed by atoms with Crippen molar-refractivity contribution in [2.24, 2.45) is 16.5 Å². The molecule has 0 bridgehead atoms. The Morgan fingerprint density at radius 3 is 2.66 bits per heavy atom. The molecular weight excluding hydrogens is 372 g/mol.